The Morgan fingerprint density at radius 1 is 1.69 bits per heavy atom. The zero-order chi connectivity index (χ0) is 11.7. The van der Waals surface area contributed by atoms with Gasteiger partial charge in [0, 0.05) is 10.9 Å². The Balaban J connectivity index is 2.32. The van der Waals surface area contributed by atoms with Gasteiger partial charge in [-0.05, 0) is 36.8 Å². The van der Waals surface area contributed by atoms with E-state index in [0.717, 1.165) is 23.3 Å². The molecule has 1 saturated carbocycles. The minimum absolute atomic E-state index is 0.111. The summed E-state index contributed by atoms with van der Waals surface area (Å²) in [5, 5.41) is 11.1. The summed E-state index contributed by atoms with van der Waals surface area (Å²) in [7, 11) is 0. The second-order valence-corrected chi connectivity index (χ2v) is 4.94. The van der Waals surface area contributed by atoms with Gasteiger partial charge in [-0.1, -0.05) is 0 Å². The van der Waals surface area contributed by atoms with Gasteiger partial charge in [0.1, 0.15) is 0 Å². The van der Waals surface area contributed by atoms with Crippen LogP contribution in [0.25, 0.3) is 0 Å². The molecule has 0 radical (unpaired) electrons. The number of hydrogen-bond donors (Lipinski definition) is 1. The highest BCUT2D eigenvalue weighted by Gasteiger charge is 2.38. The highest BCUT2D eigenvalue weighted by atomic mass is 32.1. The quantitative estimate of drug-likeness (QED) is 0.797. The molecule has 1 amide bonds. The third-order valence-electron chi connectivity index (χ3n) is 2.77. The molecule has 0 aliphatic heterocycles. The Hall–Kier alpha value is -1.36. The number of amides is 1. The van der Waals surface area contributed by atoms with E-state index in [1.165, 1.54) is 16.2 Å². The van der Waals surface area contributed by atoms with Crippen LogP contribution in [0.3, 0.4) is 0 Å². The molecule has 1 aliphatic rings. The number of thiophene rings is 1. The molecule has 1 aromatic rings. The van der Waals surface area contributed by atoms with E-state index >= 15 is 0 Å². The molecule has 86 valence electrons. The summed E-state index contributed by atoms with van der Waals surface area (Å²) in [4.78, 5) is 24.5. The van der Waals surface area contributed by atoms with E-state index in [9.17, 15) is 14.7 Å². The van der Waals surface area contributed by atoms with E-state index in [2.05, 4.69) is 0 Å². The molecule has 1 aromatic heterocycles. The van der Waals surface area contributed by atoms with Gasteiger partial charge < -0.3 is 10.0 Å². The Morgan fingerprint density at radius 2 is 2.38 bits per heavy atom. The number of carbonyl (C=O) groups is 2. The SMILES string of the molecule is Cc1ccsc1C(C(=O)O)N(C=O)C1CC1. The molecule has 1 N–H and O–H groups in total. The Labute approximate surface area is 97.5 Å². The van der Waals surface area contributed by atoms with Crippen molar-refractivity contribution in [3.63, 3.8) is 0 Å². The fraction of sp³-hybridized carbons (Fsp3) is 0.455. The third-order valence-corrected chi connectivity index (χ3v) is 3.84. The molecule has 1 fully saturated rings. The van der Waals surface area contributed by atoms with Crippen LogP contribution in [-0.4, -0.2) is 28.4 Å². The number of aliphatic carboxylic acids is 1. The predicted molar refractivity (Wildman–Crippen MR) is 60.4 cm³/mol. The molecule has 4 nitrogen and oxygen atoms in total. The minimum atomic E-state index is -0.954. The summed E-state index contributed by atoms with van der Waals surface area (Å²) in [5.74, 6) is -0.954. The highest BCUT2D eigenvalue weighted by Crippen LogP contribution is 2.36. The number of carbonyl (C=O) groups excluding carboxylic acids is 1. The number of carboxylic acid groups (broad SMARTS) is 1. The molecule has 0 spiro atoms. The van der Waals surface area contributed by atoms with Crippen molar-refractivity contribution in [2.75, 3.05) is 0 Å². The van der Waals surface area contributed by atoms with Crippen LogP contribution >= 0.6 is 11.3 Å². The van der Waals surface area contributed by atoms with E-state index in [1.807, 2.05) is 18.4 Å². The molecular formula is C11H13NO3S. The van der Waals surface area contributed by atoms with Crippen LogP contribution in [0.4, 0.5) is 0 Å². The number of nitrogens with zero attached hydrogens (tertiary/aromatic N) is 1. The van der Waals surface area contributed by atoms with Gasteiger partial charge in [0.25, 0.3) is 0 Å². The largest absolute Gasteiger partial charge is 0.479 e. The van der Waals surface area contributed by atoms with Gasteiger partial charge in [-0.25, -0.2) is 4.79 Å². The average Bonchev–Trinajstić information content (AvgIpc) is 2.99. The van der Waals surface area contributed by atoms with Crippen LogP contribution in [0.2, 0.25) is 0 Å². The maximum atomic E-state index is 11.3. The van der Waals surface area contributed by atoms with E-state index in [0.29, 0.717) is 6.41 Å². The van der Waals surface area contributed by atoms with Crippen LogP contribution in [0.5, 0.6) is 0 Å². The van der Waals surface area contributed by atoms with Crippen molar-refractivity contribution in [3.8, 4) is 0 Å². The summed E-state index contributed by atoms with van der Waals surface area (Å²) in [5.41, 5.74) is 0.935. The normalized spacial score (nSPS) is 16.8. The lowest BCUT2D eigenvalue weighted by molar-refractivity contribution is -0.147. The summed E-state index contributed by atoms with van der Waals surface area (Å²) in [6.45, 7) is 1.87. The number of carboxylic acids is 1. The van der Waals surface area contributed by atoms with E-state index in [-0.39, 0.29) is 6.04 Å². The number of rotatable bonds is 5. The van der Waals surface area contributed by atoms with Crippen LogP contribution in [0, 0.1) is 6.92 Å². The van der Waals surface area contributed by atoms with Gasteiger partial charge in [0.2, 0.25) is 6.41 Å². The fourth-order valence-corrected chi connectivity index (χ4v) is 2.79. The zero-order valence-corrected chi connectivity index (χ0v) is 9.74. The van der Waals surface area contributed by atoms with Crippen LogP contribution in [0.15, 0.2) is 11.4 Å². The lowest BCUT2D eigenvalue weighted by atomic mass is 10.1. The number of aryl methyl sites for hydroxylation is 1. The zero-order valence-electron chi connectivity index (χ0n) is 8.92. The van der Waals surface area contributed by atoms with Gasteiger partial charge in [-0.3, -0.25) is 4.79 Å². The molecule has 1 unspecified atom stereocenters. The van der Waals surface area contributed by atoms with Gasteiger partial charge in [-0.15, -0.1) is 11.3 Å². The second kappa shape index (κ2) is 4.25. The average molecular weight is 239 g/mol. The number of hydrogen-bond acceptors (Lipinski definition) is 3. The standard InChI is InChI=1S/C11H13NO3S/c1-7-4-5-16-10(7)9(11(14)15)12(6-13)8-2-3-8/h4-6,8-9H,2-3H2,1H3,(H,14,15). The first-order valence-corrected chi connectivity index (χ1v) is 6.02. The van der Waals surface area contributed by atoms with Crippen molar-refractivity contribution >= 4 is 23.7 Å². The minimum Gasteiger partial charge on any atom is -0.479 e. The van der Waals surface area contributed by atoms with E-state index in [4.69, 9.17) is 0 Å². The lowest BCUT2D eigenvalue weighted by Crippen LogP contribution is -2.34. The summed E-state index contributed by atoms with van der Waals surface area (Å²) in [6, 6.07) is 1.18. The molecule has 1 aliphatic carbocycles. The molecule has 0 bridgehead atoms. The highest BCUT2D eigenvalue weighted by molar-refractivity contribution is 7.10. The van der Waals surface area contributed by atoms with Crippen molar-refractivity contribution in [1.82, 2.24) is 4.90 Å². The summed E-state index contributed by atoms with van der Waals surface area (Å²) in [6.07, 6.45) is 2.48. The van der Waals surface area contributed by atoms with Crippen molar-refractivity contribution in [3.05, 3.63) is 21.9 Å². The lowest BCUT2D eigenvalue weighted by Gasteiger charge is -2.24. The van der Waals surface area contributed by atoms with Crippen molar-refractivity contribution < 1.29 is 14.7 Å². The molecule has 1 heterocycles. The summed E-state index contributed by atoms with van der Waals surface area (Å²) >= 11 is 1.39. The smallest absolute Gasteiger partial charge is 0.331 e. The topological polar surface area (TPSA) is 57.6 Å². The van der Waals surface area contributed by atoms with Crippen molar-refractivity contribution in [2.45, 2.75) is 31.8 Å². The Morgan fingerprint density at radius 3 is 2.75 bits per heavy atom. The maximum absolute atomic E-state index is 11.3. The van der Waals surface area contributed by atoms with Crippen molar-refractivity contribution in [1.29, 1.82) is 0 Å². The molecule has 0 saturated heterocycles. The third kappa shape index (κ3) is 1.95. The van der Waals surface area contributed by atoms with Gasteiger partial charge in [-0.2, -0.15) is 0 Å². The van der Waals surface area contributed by atoms with E-state index in [1.54, 1.807) is 0 Å². The molecule has 1 atom stereocenters. The van der Waals surface area contributed by atoms with Gasteiger partial charge in [0.05, 0.1) is 0 Å². The van der Waals surface area contributed by atoms with Gasteiger partial charge >= 0.3 is 5.97 Å². The first kappa shape index (κ1) is 11.1. The molecule has 0 aromatic carbocycles. The van der Waals surface area contributed by atoms with Crippen LogP contribution < -0.4 is 0 Å². The van der Waals surface area contributed by atoms with Crippen LogP contribution in [0.1, 0.15) is 29.3 Å². The second-order valence-electron chi connectivity index (χ2n) is 3.99. The Kier molecular flexibility index (Phi) is 2.96. The molecule has 16 heavy (non-hydrogen) atoms. The first-order valence-electron chi connectivity index (χ1n) is 5.14. The Bertz CT molecular complexity index is 411. The fourth-order valence-electron chi connectivity index (χ4n) is 1.77. The van der Waals surface area contributed by atoms with Crippen molar-refractivity contribution in [2.24, 2.45) is 0 Å². The summed E-state index contributed by atoms with van der Waals surface area (Å²) < 4.78 is 0. The maximum Gasteiger partial charge on any atom is 0.331 e. The van der Waals surface area contributed by atoms with E-state index < -0.39 is 12.0 Å². The van der Waals surface area contributed by atoms with Gasteiger partial charge in [0.15, 0.2) is 6.04 Å². The monoisotopic (exact) mass is 239 g/mol. The first-order chi connectivity index (χ1) is 7.65. The molecule has 5 heteroatoms. The predicted octanol–water partition coefficient (Wildman–Crippen LogP) is 1.80. The molecule has 2 rings (SSSR count). The van der Waals surface area contributed by atoms with Crippen LogP contribution in [-0.2, 0) is 9.59 Å². The molecular weight excluding hydrogens is 226 g/mol.